The van der Waals surface area contributed by atoms with Gasteiger partial charge in [0.1, 0.15) is 0 Å². The van der Waals surface area contributed by atoms with E-state index in [9.17, 15) is 9.59 Å². The van der Waals surface area contributed by atoms with Crippen molar-refractivity contribution in [2.75, 3.05) is 4.90 Å². The molecule has 4 rings (SSSR count). The van der Waals surface area contributed by atoms with Crippen LogP contribution in [0, 0.1) is 11.8 Å². The maximum atomic E-state index is 12.7. The van der Waals surface area contributed by atoms with E-state index in [0.717, 1.165) is 0 Å². The number of rotatable bonds is 1. The zero-order valence-corrected chi connectivity index (χ0v) is 11.5. The Kier molecular flexibility index (Phi) is 2.25. The Morgan fingerprint density at radius 3 is 2.80 bits per heavy atom. The van der Waals surface area contributed by atoms with E-state index < -0.39 is 17.4 Å². The van der Waals surface area contributed by atoms with E-state index in [1.807, 2.05) is 19.1 Å². The van der Waals surface area contributed by atoms with Gasteiger partial charge in [0.25, 0.3) is 0 Å². The first-order valence-electron chi connectivity index (χ1n) is 6.52. The van der Waals surface area contributed by atoms with Crippen molar-refractivity contribution in [2.45, 2.75) is 18.6 Å². The van der Waals surface area contributed by atoms with Crippen LogP contribution in [0.5, 0.6) is 0 Å². The monoisotopic (exact) mass is 289 g/mol. The van der Waals surface area contributed by atoms with Crippen molar-refractivity contribution in [3.05, 3.63) is 41.4 Å². The first kappa shape index (κ1) is 12.1. The summed E-state index contributed by atoms with van der Waals surface area (Å²) in [5, 5.41) is 0.503. The molecule has 0 unspecified atom stereocenters. The molecule has 102 valence electrons. The first-order valence-corrected chi connectivity index (χ1v) is 6.90. The summed E-state index contributed by atoms with van der Waals surface area (Å²) in [4.78, 5) is 26.5. The standard InChI is InChI=1S/C15H12ClNO3/c1-15-6-5-10(20-15)11-12(15)14(19)17(13(11)18)9-4-2-3-8(16)7-9/h2-7,10-12H,1H3/t10-,11-,12+,15+/m1/s1. The number of nitrogens with zero attached hydrogens (tertiary/aromatic N) is 1. The summed E-state index contributed by atoms with van der Waals surface area (Å²) in [7, 11) is 0. The lowest BCUT2D eigenvalue weighted by Crippen LogP contribution is -2.38. The van der Waals surface area contributed by atoms with E-state index in [2.05, 4.69) is 0 Å². The van der Waals surface area contributed by atoms with E-state index in [0.29, 0.717) is 10.7 Å². The van der Waals surface area contributed by atoms with Crippen LogP contribution in [-0.2, 0) is 14.3 Å². The van der Waals surface area contributed by atoms with E-state index >= 15 is 0 Å². The van der Waals surface area contributed by atoms with Gasteiger partial charge in [-0.2, -0.15) is 0 Å². The van der Waals surface area contributed by atoms with Crippen molar-refractivity contribution in [3.63, 3.8) is 0 Å². The van der Waals surface area contributed by atoms with Crippen molar-refractivity contribution in [2.24, 2.45) is 11.8 Å². The van der Waals surface area contributed by atoms with Crippen molar-refractivity contribution in [1.82, 2.24) is 0 Å². The smallest absolute Gasteiger partial charge is 0.241 e. The Balaban J connectivity index is 1.79. The largest absolute Gasteiger partial charge is 0.362 e. The van der Waals surface area contributed by atoms with Crippen LogP contribution in [0.2, 0.25) is 5.02 Å². The molecular formula is C15H12ClNO3. The van der Waals surface area contributed by atoms with Crippen LogP contribution in [0.25, 0.3) is 0 Å². The molecule has 3 aliphatic heterocycles. The minimum atomic E-state index is -0.657. The molecule has 0 radical (unpaired) electrons. The predicted octanol–water partition coefficient (Wildman–Crippen LogP) is 2.17. The van der Waals surface area contributed by atoms with Crippen LogP contribution >= 0.6 is 11.6 Å². The molecule has 3 heterocycles. The highest BCUT2D eigenvalue weighted by Crippen LogP contribution is 2.52. The Morgan fingerprint density at radius 1 is 1.30 bits per heavy atom. The Labute approximate surface area is 121 Å². The predicted molar refractivity (Wildman–Crippen MR) is 73.3 cm³/mol. The molecule has 0 spiro atoms. The topological polar surface area (TPSA) is 46.6 Å². The van der Waals surface area contributed by atoms with Crippen LogP contribution < -0.4 is 4.90 Å². The zero-order chi connectivity index (χ0) is 14.1. The molecule has 0 aromatic heterocycles. The SMILES string of the molecule is C[C@@]12C=C[C@@H](O1)[C@H]1C(=O)N(c3cccc(Cl)c3)C(=O)[C@H]12. The lowest BCUT2D eigenvalue weighted by Gasteiger charge is -2.24. The summed E-state index contributed by atoms with van der Waals surface area (Å²) >= 11 is 5.95. The zero-order valence-electron chi connectivity index (χ0n) is 10.7. The van der Waals surface area contributed by atoms with Gasteiger partial charge in [0.05, 0.1) is 29.2 Å². The maximum absolute atomic E-state index is 12.7. The fourth-order valence-electron chi connectivity index (χ4n) is 3.52. The van der Waals surface area contributed by atoms with Crippen molar-refractivity contribution in [3.8, 4) is 0 Å². The molecule has 4 nitrogen and oxygen atoms in total. The van der Waals surface area contributed by atoms with Crippen LogP contribution in [0.4, 0.5) is 5.69 Å². The van der Waals surface area contributed by atoms with E-state index in [1.54, 1.807) is 24.3 Å². The second-order valence-corrected chi connectivity index (χ2v) is 6.06. The molecule has 1 aromatic rings. The molecule has 3 aliphatic rings. The molecule has 2 saturated heterocycles. The van der Waals surface area contributed by atoms with E-state index in [1.165, 1.54) is 4.90 Å². The molecule has 1 aromatic carbocycles. The third kappa shape index (κ3) is 1.35. The van der Waals surface area contributed by atoms with E-state index in [4.69, 9.17) is 16.3 Å². The summed E-state index contributed by atoms with van der Waals surface area (Å²) in [6, 6.07) is 6.81. The number of fused-ring (bicyclic) bond motifs is 5. The van der Waals surface area contributed by atoms with Crippen molar-refractivity contribution in [1.29, 1.82) is 0 Å². The van der Waals surface area contributed by atoms with E-state index in [-0.39, 0.29) is 17.9 Å². The molecule has 2 amide bonds. The molecular weight excluding hydrogens is 278 g/mol. The van der Waals surface area contributed by atoms with Gasteiger partial charge < -0.3 is 4.74 Å². The quantitative estimate of drug-likeness (QED) is 0.588. The average Bonchev–Trinajstić information content (AvgIpc) is 2.99. The van der Waals surface area contributed by atoms with Gasteiger partial charge >= 0.3 is 0 Å². The lowest BCUT2D eigenvalue weighted by molar-refractivity contribution is -0.126. The number of hydrogen-bond donors (Lipinski definition) is 0. The molecule has 20 heavy (non-hydrogen) atoms. The van der Waals surface area contributed by atoms with Gasteiger partial charge in [-0.1, -0.05) is 29.8 Å². The first-order chi connectivity index (χ1) is 9.51. The van der Waals surface area contributed by atoms with Gasteiger partial charge in [-0.3, -0.25) is 9.59 Å². The molecule has 0 aliphatic carbocycles. The molecule has 4 atom stereocenters. The minimum absolute atomic E-state index is 0.194. The highest BCUT2D eigenvalue weighted by molar-refractivity contribution is 6.31. The Bertz CT molecular complexity index is 671. The summed E-state index contributed by atoms with van der Waals surface area (Å²) in [5.74, 6) is -1.22. The number of halogens is 1. The van der Waals surface area contributed by atoms with Crippen LogP contribution in [0.15, 0.2) is 36.4 Å². The van der Waals surface area contributed by atoms with Gasteiger partial charge in [-0.15, -0.1) is 0 Å². The number of benzene rings is 1. The Morgan fingerprint density at radius 2 is 2.10 bits per heavy atom. The second kappa shape index (κ2) is 3.71. The summed E-state index contributed by atoms with van der Waals surface area (Å²) in [6.07, 6.45) is 3.49. The fraction of sp³-hybridized carbons (Fsp3) is 0.333. The highest BCUT2D eigenvalue weighted by atomic mass is 35.5. The van der Waals surface area contributed by atoms with Crippen LogP contribution in [0.3, 0.4) is 0 Å². The molecule has 2 bridgehead atoms. The maximum Gasteiger partial charge on any atom is 0.241 e. The summed E-state index contributed by atoms with van der Waals surface area (Å²) < 4.78 is 5.77. The number of carbonyl (C=O) groups is 2. The van der Waals surface area contributed by atoms with Crippen molar-refractivity contribution >= 4 is 29.1 Å². The second-order valence-electron chi connectivity index (χ2n) is 5.62. The summed E-state index contributed by atoms with van der Waals surface area (Å²) in [5.41, 5.74) is -0.125. The van der Waals surface area contributed by atoms with Gasteiger partial charge in [0.15, 0.2) is 0 Å². The van der Waals surface area contributed by atoms with Crippen LogP contribution in [-0.4, -0.2) is 23.5 Å². The normalized spacial score (nSPS) is 37.9. The van der Waals surface area contributed by atoms with Crippen molar-refractivity contribution < 1.29 is 14.3 Å². The number of carbonyl (C=O) groups excluding carboxylic acids is 2. The number of hydrogen-bond acceptors (Lipinski definition) is 3. The average molecular weight is 290 g/mol. The van der Waals surface area contributed by atoms with Gasteiger partial charge in [0.2, 0.25) is 11.8 Å². The fourth-order valence-corrected chi connectivity index (χ4v) is 3.71. The highest BCUT2D eigenvalue weighted by Gasteiger charge is 2.65. The van der Waals surface area contributed by atoms with Crippen LogP contribution in [0.1, 0.15) is 6.92 Å². The molecule has 0 N–H and O–H groups in total. The number of amides is 2. The third-order valence-electron chi connectivity index (χ3n) is 4.40. The Hall–Kier alpha value is -1.65. The number of imide groups is 1. The van der Waals surface area contributed by atoms with Gasteiger partial charge in [-0.05, 0) is 25.1 Å². The minimum Gasteiger partial charge on any atom is -0.362 e. The number of ether oxygens (including phenoxy) is 1. The molecule has 5 heteroatoms. The molecule has 2 fully saturated rings. The van der Waals surface area contributed by atoms with Gasteiger partial charge in [-0.25, -0.2) is 4.90 Å². The lowest BCUT2D eigenvalue weighted by atomic mass is 9.78. The third-order valence-corrected chi connectivity index (χ3v) is 4.63. The number of anilines is 1. The summed E-state index contributed by atoms with van der Waals surface area (Å²) in [6.45, 7) is 1.86. The van der Waals surface area contributed by atoms with Gasteiger partial charge in [0, 0.05) is 5.02 Å². The molecule has 0 saturated carbocycles.